The minimum atomic E-state index is -0.708. The first-order valence-corrected chi connectivity index (χ1v) is 42.1. The molecular formula is C118H76N2O2. The summed E-state index contributed by atoms with van der Waals surface area (Å²) >= 11 is 0. The standard InChI is InChI=1S/C118H76N2O2/c1-4-25-77(26-5-1)79-51-63-90(64-52-79)119(92-69-57-84(58-70-92)97-38-23-44-108-115(97)121-111-47-20-17-42-104(111)117(108)102-40-15-12-36-99(102)113-96-35-11-10-31-83(96)61-73-106(113)117)91-65-55-81(56-66-91)87-32-22-33-88(75-87)89-50-49-86-62-74-107-114(101(86)76-89)100-37-13-16-41-103(100)118(107)105-43-18-21-48-112(105)122-116-98(39-24-45-109(116)118)85-59-71-94(72-60-85)120(93-67-53-80(54-68-93)78-27-6-2-7-28-78)110-46-19-14-34-95(110)82-29-8-3-9-30-82/h1-76H. The zero-order valence-electron chi connectivity index (χ0n) is 66.6. The molecule has 4 aliphatic rings. The smallest absolute Gasteiger partial charge is 0.140 e. The largest absolute Gasteiger partial charge is 0.456 e. The normalized spacial score (nSPS) is 14.6. The van der Waals surface area contributed by atoms with Crippen LogP contribution in [0.5, 0.6) is 23.0 Å². The number of hydrogen-bond donors (Lipinski definition) is 0. The van der Waals surface area contributed by atoms with Crippen molar-refractivity contribution in [3.8, 4) is 123 Å². The molecule has 2 heterocycles. The van der Waals surface area contributed by atoms with Crippen LogP contribution in [0.15, 0.2) is 461 Å². The number of rotatable bonds is 13. The molecule has 2 atom stereocenters. The molecule has 4 nitrogen and oxygen atoms in total. The molecule has 2 spiro atoms. The van der Waals surface area contributed by atoms with Crippen molar-refractivity contribution in [1.29, 1.82) is 0 Å². The van der Waals surface area contributed by atoms with Gasteiger partial charge in [-0.3, -0.25) is 0 Å². The maximum atomic E-state index is 7.35. The third-order valence-corrected chi connectivity index (χ3v) is 26.0. The summed E-state index contributed by atoms with van der Waals surface area (Å²) in [5.74, 6) is 3.45. The second kappa shape index (κ2) is 28.5. The lowest BCUT2D eigenvalue weighted by Gasteiger charge is -2.40. The Bertz CT molecular complexity index is 7530. The fraction of sp³-hybridized carbons (Fsp3) is 0.0169. The van der Waals surface area contributed by atoms with E-state index in [-0.39, 0.29) is 0 Å². The zero-order valence-corrected chi connectivity index (χ0v) is 66.6. The van der Waals surface area contributed by atoms with Crippen LogP contribution in [0.25, 0.3) is 122 Å². The van der Waals surface area contributed by atoms with Gasteiger partial charge in [0.1, 0.15) is 23.0 Å². The van der Waals surface area contributed by atoms with Crippen LogP contribution in [0, 0.1) is 0 Å². The van der Waals surface area contributed by atoms with E-state index in [1.807, 2.05) is 0 Å². The molecule has 4 heteroatoms. The number of ether oxygens (including phenoxy) is 2. The van der Waals surface area contributed by atoms with Gasteiger partial charge in [0, 0.05) is 67.4 Å². The third-order valence-electron chi connectivity index (χ3n) is 26.0. The molecule has 0 aromatic heterocycles. The number of para-hydroxylation sites is 5. The molecule has 0 fully saturated rings. The van der Waals surface area contributed by atoms with Crippen LogP contribution < -0.4 is 19.3 Å². The van der Waals surface area contributed by atoms with E-state index < -0.39 is 10.8 Å². The Morgan fingerprint density at radius 3 is 0.992 bits per heavy atom. The van der Waals surface area contributed by atoms with Gasteiger partial charge >= 0.3 is 0 Å². The molecular weight excluding hydrogens is 1480 g/mol. The molecule has 0 saturated carbocycles. The number of fused-ring (bicyclic) bond motifs is 22. The van der Waals surface area contributed by atoms with Crippen LogP contribution in [0.1, 0.15) is 44.5 Å². The highest BCUT2D eigenvalue weighted by Gasteiger charge is 2.54. The lowest BCUT2D eigenvalue weighted by molar-refractivity contribution is 0.438. The second-order valence-electron chi connectivity index (χ2n) is 32.4. The van der Waals surface area contributed by atoms with Crippen molar-refractivity contribution >= 4 is 55.7 Å². The Balaban J connectivity index is 0.572. The summed E-state index contributed by atoms with van der Waals surface area (Å²) in [6.45, 7) is 0. The SMILES string of the molecule is c1ccc(-c2ccc(N(c3ccc(-c4cccc(-c5ccc6ccc7c(c6c5)-c5ccccc5C75c6ccccc6Oc6c(-c7ccc(N(c8ccc(-c9ccccc9)cc8)c8ccccc8-c8ccccc8)cc7)cccc65)c4)cc3)c3ccc(-c4cccc5c4Oc4ccccc4C54c5ccccc5-c5c4ccc4ccccc54)cc3)cc2)cc1. The predicted octanol–water partition coefficient (Wildman–Crippen LogP) is 31.5. The van der Waals surface area contributed by atoms with Crippen molar-refractivity contribution in [2.75, 3.05) is 9.80 Å². The summed E-state index contributed by atoms with van der Waals surface area (Å²) in [6, 6.07) is 169. The van der Waals surface area contributed by atoms with Crippen molar-refractivity contribution in [3.63, 3.8) is 0 Å². The molecule has 2 aliphatic carbocycles. The highest BCUT2D eigenvalue weighted by molar-refractivity contribution is 6.08. The van der Waals surface area contributed by atoms with Gasteiger partial charge < -0.3 is 19.3 Å². The van der Waals surface area contributed by atoms with Gasteiger partial charge in [-0.05, 0) is 218 Å². The topological polar surface area (TPSA) is 24.9 Å². The quantitative estimate of drug-likeness (QED) is 0.115. The molecule has 0 bridgehead atoms. The van der Waals surface area contributed by atoms with Crippen LogP contribution in [-0.2, 0) is 10.8 Å². The van der Waals surface area contributed by atoms with Gasteiger partial charge in [0.25, 0.3) is 0 Å². The Morgan fingerprint density at radius 1 is 0.172 bits per heavy atom. The van der Waals surface area contributed by atoms with Crippen molar-refractivity contribution in [2.45, 2.75) is 10.8 Å². The van der Waals surface area contributed by atoms with E-state index in [4.69, 9.17) is 9.47 Å². The highest BCUT2D eigenvalue weighted by atomic mass is 16.5. The van der Waals surface area contributed by atoms with Crippen LogP contribution in [0.3, 0.4) is 0 Å². The minimum Gasteiger partial charge on any atom is -0.456 e. The van der Waals surface area contributed by atoms with Gasteiger partial charge in [-0.2, -0.15) is 0 Å². The van der Waals surface area contributed by atoms with Gasteiger partial charge in [-0.1, -0.05) is 370 Å². The van der Waals surface area contributed by atoms with E-state index in [0.717, 1.165) is 141 Å². The third kappa shape index (κ3) is 11.0. The van der Waals surface area contributed by atoms with Gasteiger partial charge in [0.15, 0.2) is 0 Å². The number of anilines is 6. The summed E-state index contributed by atoms with van der Waals surface area (Å²) in [7, 11) is 0. The van der Waals surface area contributed by atoms with Crippen molar-refractivity contribution in [1.82, 2.24) is 0 Å². The summed E-state index contributed by atoms with van der Waals surface area (Å²) in [5.41, 5.74) is 35.4. The Hall–Kier alpha value is -15.9. The van der Waals surface area contributed by atoms with Crippen molar-refractivity contribution in [2.24, 2.45) is 0 Å². The molecule has 122 heavy (non-hydrogen) atoms. The lowest BCUT2D eigenvalue weighted by atomic mass is 9.65. The summed E-state index contributed by atoms with van der Waals surface area (Å²) < 4.78 is 14.6. The van der Waals surface area contributed by atoms with E-state index in [1.165, 1.54) is 82.7 Å². The second-order valence-corrected chi connectivity index (χ2v) is 32.4. The zero-order chi connectivity index (χ0) is 80.4. The molecule has 24 rings (SSSR count). The van der Waals surface area contributed by atoms with Gasteiger partial charge in [0.05, 0.1) is 16.5 Å². The molecule has 0 amide bonds. The highest BCUT2D eigenvalue weighted by Crippen LogP contribution is 2.67. The predicted molar refractivity (Wildman–Crippen MR) is 504 cm³/mol. The van der Waals surface area contributed by atoms with E-state index in [1.54, 1.807) is 0 Å². The van der Waals surface area contributed by atoms with Gasteiger partial charge in [-0.15, -0.1) is 0 Å². The van der Waals surface area contributed by atoms with Crippen LogP contribution in [0.2, 0.25) is 0 Å². The van der Waals surface area contributed by atoms with Crippen LogP contribution in [-0.4, -0.2) is 0 Å². The summed E-state index contributed by atoms with van der Waals surface area (Å²) in [4.78, 5) is 4.76. The van der Waals surface area contributed by atoms with E-state index in [9.17, 15) is 0 Å². The molecule has 2 aliphatic heterocycles. The van der Waals surface area contributed by atoms with Crippen LogP contribution in [0.4, 0.5) is 34.1 Å². The number of nitrogens with zero attached hydrogens (tertiary/aromatic N) is 2. The molecule has 20 aromatic carbocycles. The van der Waals surface area contributed by atoms with Gasteiger partial charge in [-0.25, -0.2) is 0 Å². The summed E-state index contributed by atoms with van der Waals surface area (Å²) in [6.07, 6.45) is 0. The summed E-state index contributed by atoms with van der Waals surface area (Å²) in [5, 5.41) is 4.88. The molecule has 2 unspecified atom stereocenters. The first-order chi connectivity index (χ1) is 60.5. The maximum Gasteiger partial charge on any atom is 0.140 e. The Kier molecular flexibility index (Phi) is 16.4. The molecule has 20 aromatic rings. The van der Waals surface area contributed by atoms with Crippen molar-refractivity contribution in [3.05, 3.63) is 506 Å². The maximum absolute atomic E-state index is 7.35. The van der Waals surface area contributed by atoms with E-state index >= 15 is 0 Å². The number of hydrogen-bond acceptors (Lipinski definition) is 4. The van der Waals surface area contributed by atoms with E-state index in [0.29, 0.717) is 0 Å². The molecule has 0 saturated heterocycles. The van der Waals surface area contributed by atoms with Crippen LogP contribution >= 0.6 is 0 Å². The first kappa shape index (κ1) is 70.3. The first-order valence-electron chi connectivity index (χ1n) is 42.1. The van der Waals surface area contributed by atoms with Gasteiger partial charge in [0.2, 0.25) is 0 Å². The average molecular weight is 1550 g/mol. The fourth-order valence-corrected chi connectivity index (χ4v) is 20.6. The Morgan fingerprint density at radius 2 is 0.484 bits per heavy atom. The molecule has 0 N–H and O–H groups in total. The fourth-order valence-electron chi connectivity index (χ4n) is 20.6. The van der Waals surface area contributed by atoms with E-state index in [2.05, 4.69) is 471 Å². The lowest BCUT2D eigenvalue weighted by Crippen LogP contribution is -2.32. The number of benzene rings is 20. The monoisotopic (exact) mass is 1550 g/mol. The Labute approximate surface area is 709 Å². The molecule has 0 radical (unpaired) electrons. The average Bonchev–Trinajstić information content (AvgIpc) is 1.49. The minimum absolute atomic E-state index is 0.608. The molecule has 570 valence electrons. The van der Waals surface area contributed by atoms with Crippen molar-refractivity contribution < 1.29 is 9.47 Å².